The van der Waals surface area contributed by atoms with Crippen LogP contribution in [0.2, 0.25) is 0 Å². The number of rotatable bonds is 10. The van der Waals surface area contributed by atoms with Crippen molar-refractivity contribution in [1.82, 2.24) is 10.6 Å². The van der Waals surface area contributed by atoms with Crippen LogP contribution >= 0.6 is 11.8 Å². The molecule has 0 aromatic rings. The second kappa shape index (κ2) is 14.0. The maximum Gasteiger partial charge on any atom is 0.146 e. The van der Waals surface area contributed by atoms with Gasteiger partial charge in [0.2, 0.25) is 0 Å². The molecule has 0 aliphatic heterocycles. The van der Waals surface area contributed by atoms with Gasteiger partial charge in [-0.3, -0.25) is 9.59 Å². The molecule has 2 N–H and O–H groups in total. The molecular formula is C14H30N2O2S. The van der Waals surface area contributed by atoms with Crippen LogP contribution in [0, 0.1) is 0 Å². The number of ketones is 2. The van der Waals surface area contributed by atoms with E-state index in [1.54, 1.807) is 25.6 Å². The average Bonchev–Trinajstić information content (AvgIpc) is 2.39. The number of hydrogen-bond acceptors (Lipinski definition) is 5. The highest BCUT2D eigenvalue weighted by molar-refractivity contribution is 7.99. The fraction of sp³-hybridized carbons (Fsp3) is 0.857. The predicted molar refractivity (Wildman–Crippen MR) is 85.0 cm³/mol. The summed E-state index contributed by atoms with van der Waals surface area (Å²) in [6.45, 7) is 7.22. The second-order valence-corrected chi connectivity index (χ2v) is 5.32. The van der Waals surface area contributed by atoms with Gasteiger partial charge in [0.05, 0.1) is 12.1 Å². The molecule has 19 heavy (non-hydrogen) atoms. The van der Waals surface area contributed by atoms with E-state index >= 15 is 0 Å². The summed E-state index contributed by atoms with van der Waals surface area (Å²) >= 11 is 1.79. The zero-order chi connectivity index (χ0) is 15.3. The minimum Gasteiger partial charge on any atom is -0.311 e. The fourth-order valence-corrected chi connectivity index (χ4v) is 2.62. The maximum atomic E-state index is 11.2. The van der Waals surface area contributed by atoms with Gasteiger partial charge in [0.1, 0.15) is 11.6 Å². The van der Waals surface area contributed by atoms with Crippen molar-refractivity contribution in [3.8, 4) is 0 Å². The predicted octanol–water partition coefficient (Wildman–Crippen LogP) is 1.88. The van der Waals surface area contributed by atoms with Crippen LogP contribution in [0.5, 0.6) is 0 Å². The number of carbonyl (C=O) groups is 2. The lowest BCUT2D eigenvalue weighted by Gasteiger charge is -2.14. The number of thioether (sulfide) groups is 1. The fourth-order valence-electron chi connectivity index (χ4n) is 1.61. The standard InChI is InChI=1S/C12H24N2O2S.C2H6/c1-9(15)11(13-3)5-7-17-8-6-12(14-4)10(2)16;1-2/h11-14H,5-8H2,1-4H3;1-2H3. The number of carbonyl (C=O) groups excluding carboxylic acids is 2. The summed E-state index contributed by atoms with van der Waals surface area (Å²) in [5.74, 6) is 2.26. The van der Waals surface area contributed by atoms with Crippen molar-refractivity contribution in [1.29, 1.82) is 0 Å². The highest BCUT2D eigenvalue weighted by Crippen LogP contribution is 2.09. The first-order valence-electron chi connectivity index (χ1n) is 6.96. The van der Waals surface area contributed by atoms with E-state index in [-0.39, 0.29) is 23.7 Å². The summed E-state index contributed by atoms with van der Waals surface area (Å²) in [7, 11) is 3.62. The number of hydrogen-bond donors (Lipinski definition) is 2. The van der Waals surface area contributed by atoms with Gasteiger partial charge in [-0.25, -0.2) is 0 Å². The maximum absolute atomic E-state index is 11.2. The molecule has 5 heteroatoms. The number of likely N-dealkylation sites (N-methyl/N-ethyl adjacent to an activating group) is 2. The van der Waals surface area contributed by atoms with Gasteiger partial charge >= 0.3 is 0 Å². The Morgan fingerprint density at radius 3 is 1.42 bits per heavy atom. The van der Waals surface area contributed by atoms with Gasteiger partial charge in [-0.1, -0.05) is 13.8 Å². The lowest BCUT2D eigenvalue weighted by atomic mass is 10.1. The van der Waals surface area contributed by atoms with Crippen LogP contribution in [0.4, 0.5) is 0 Å². The minimum absolute atomic E-state index is 0.0320. The van der Waals surface area contributed by atoms with Gasteiger partial charge in [-0.05, 0) is 52.3 Å². The molecule has 0 saturated carbocycles. The Balaban J connectivity index is 0. The molecule has 0 aliphatic carbocycles. The monoisotopic (exact) mass is 290 g/mol. The molecule has 0 rings (SSSR count). The molecule has 2 atom stereocenters. The first kappa shape index (κ1) is 20.9. The quantitative estimate of drug-likeness (QED) is 0.602. The number of nitrogens with one attached hydrogen (secondary N) is 2. The minimum atomic E-state index is -0.0320. The van der Waals surface area contributed by atoms with Crippen molar-refractivity contribution in [2.75, 3.05) is 25.6 Å². The topological polar surface area (TPSA) is 58.2 Å². The Bertz CT molecular complexity index is 224. The lowest BCUT2D eigenvalue weighted by molar-refractivity contribution is -0.119. The molecule has 0 saturated heterocycles. The first-order chi connectivity index (χ1) is 9.02. The van der Waals surface area contributed by atoms with E-state index in [4.69, 9.17) is 0 Å². The van der Waals surface area contributed by atoms with Gasteiger partial charge in [0, 0.05) is 0 Å². The van der Waals surface area contributed by atoms with Gasteiger partial charge < -0.3 is 10.6 Å². The van der Waals surface area contributed by atoms with E-state index in [9.17, 15) is 9.59 Å². The largest absolute Gasteiger partial charge is 0.311 e. The van der Waals surface area contributed by atoms with Gasteiger partial charge in [0.25, 0.3) is 0 Å². The van der Waals surface area contributed by atoms with E-state index in [2.05, 4.69) is 10.6 Å². The highest BCUT2D eigenvalue weighted by Gasteiger charge is 2.12. The SMILES string of the molecule is CC.CNC(CCSCCC(NC)C(C)=O)C(C)=O. The molecule has 0 fully saturated rings. The second-order valence-electron chi connectivity index (χ2n) is 4.09. The molecule has 0 aliphatic rings. The Hall–Kier alpha value is -0.390. The molecule has 0 radical (unpaired) electrons. The Morgan fingerprint density at radius 2 is 1.21 bits per heavy atom. The third kappa shape index (κ3) is 11.2. The molecule has 0 spiro atoms. The van der Waals surface area contributed by atoms with E-state index < -0.39 is 0 Å². The summed E-state index contributed by atoms with van der Waals surface area (Å²) in [5.41, 5.74) is 0. The van der Waals surface area contributed by atoms with E-state index in [1.165, 1.54) is 0 Å². The molecule has 0 heterocycles. The Morgan fingerprint density at radius 1 is 0.895 bits per heavy atom. The van der Waals surface area contributed by atoms with Crippen molar-refractivity contribution in [2.24, 2.45) is 0 Å². The molecule has 2 unspecified atom stereocenters. The molecule has 4 nitrogen and oxygen atoms in total. The molecule has 114 valence electrons. The normalized spacial score (nSPS) is 13.2. The van der Waals surface area contributed by atoms with Gasteiger partial charge in [-0.15, -0.1) is 0 Å². The molecule has 0 aromatic heterocycles. The van der Waals surface area contributed by atoms with Crippen molar-refractivity contribution in [3.63, 3.8) is 0 Å². The van der Waals surface area contributed by atoms with Crippen molar-refractivity contribution < 1.29 is 9.59 Å². The van der Waals surface area contributed by atoms with Crippen LogP contribution in [0.1, 0.15) is 40.5 Å². The molecular weight excluding hydrogens is 260 g/mol. The Kier molecular flexibility index (Phi) is 15.4. The molecule has 0 aromatic carbocycles. The third-order valence-electron chi connectivity index (χ3n) is 2.78. The van der Waals surface area contributed by atoms with Crippen molar-refractivity contribution in [2.45, 2.75) is 52.6 Å². The summed E-state index contributed by atoms with van der Waals surface area (Å²) in [4.78, 5) is 22.3. The van der Waals surface area contributed by atoms with Crippen molar-refractivity contribution in [3.05, 3.63) is 0 Å². The zero-order valence-electron chi connectivity index (χ0n) is 13.2. The van der Waals surface area contributed by atoms with Gasteiger partial charge in [-0.2, -0.15) is 11.8 Å². The van der Waals surface area contributed by atoms with Crippen LogP contribution in [0.3, 0.4) is 0 Å². The summed E-state index contributed by atoms with van der Waals surface area (Å²) in [6.07, 6.45) is 1.70. The van der Waals surface area contributed by atoms with E-state index in [0.29, 0.717) is 0 Å². The smallest absolute Gasteiger partial charge is 0.146 e. The average molecular weight is 290 g/mol. The Labute approximate surface area is 122 Å². The summed E-state index contributed by atoms with van der Waals surface area (Å²) in [6, 6.07) is -0.0641. The molecule has 0 bridgehead atoms. The lowest BCUT2D eigenvalue weighted by Crippen LogP contribution is -2.33. The number of Topliss-reactive ketones (excluding diaryl/α,β-unsaturated/α-hetero) is 2. The van der Waals surface area contributed by atoms with Crippen LogP contribution in [-0.2, 0) is 9.59 Å². The summed E-state index contributed by atoms with van der Waals surface area (Å²) < 4.78 is 0. The van der Waals surface area contributed by atoms with Gasteiger partial charge in [0.15, 0.2) is 0 Å². The van der Waals surface area contributed by atoms with Crippen LogP contribution in [-0.4, -0.2) is 49.3 Å². The molecule has 0 amide bonds. The van der Waals surface area contributed by atoms with E-state index in [1.807, 2.05) is 27.9 Å². The highest BCUT2D eigenvalue weighted by atomic mass is 32.2. The van der Waals surface area contributed by atoms with Crippen LogP contribution in [0.25, 0.3) is 0 Å². The van der Waals surface area contributed by atoms with Crippen LogP contribution in [0.15, 0.2) is 0 Å². The van der Waals surface area contributed by atoms with Crippen LogP contribution < -0.4 is 10.6 Å². The first-order valence-corrected chi connectivity index (χ1v) is 8.11. The van der Waals surface area contributed by atoms with E-state index in [0.717, 1.165) is 24.3 Å². The summed E-state index contributed by atoms with van der Waals surface area (Å²) in [5, 5.41) is 6.00. The third-order valence-corrected chi connectivity index (χ3v) is 3.83. The zero-order valence-corrected chi connectivity index (χ0v) is 14.0. The van der Waals surface area contributed by atoms with Crippen molar-refractivity contribution >= 4 is 23.3 Å².